The number of carbonyl (C=O) groups is 3. The van der Waals surface area contributed by atoms with E-state index >= 15 is 0 Å². The van der Waals surface area contributed by atoms with Gasteiger partial charge < -0.3 is 14.3 Å². The zero-order valence-electron chi connectivity index (χ0n) is 20.1. The molecule has 1 aromatic rings. The first-order valence-corrected chi connectivity index (χ1v) is 13.0. The first-order valence-electron chi connectivity index (χ1n) is 12.1. The van der Waals surface area contributed by atoms with Crippen molar-refractivity contribution in [3.8, 4) is 0 Å². The lowest BCUT2D eigenvalue weighted by Gasteiger charge is -2.64. The third-order valence-corrected chi connectivity index (χ3v) is 10.9. The van der Waals surface area contributed by atoms with Crippen molar-refractivity contribution in [2.24, 2.45) is 28.6 Å². The number of hydrogen-bond acceptors (Lipinski definition) is 6. The maximum absolute atomic E-state index is 13.6. The fraction of sp³-hybridized carbons (Fsp3) is 0.593. The number of aliphatic hydroxyl groups excluding tert-OH is 1. The number of Topliss-reactive ketones (excluding diaryl/α,β-unsaturated/α-hetero) is 1. The summed E-state index contributed by atoms with van der Waals surface area (Å²) in [5.74, 6) is -2.12. The summed E-state index contributed by atoms with van der Waals surface area (Å²) in [6.45, 7) is 5.81. The maximum Gasteiger partial charge on any atom is 0.375 e. The number of alkyl halides is 2. The normalized spacial score (nSPS) is 44.2. The van der Waals surface area contributed by atoms with Crippen LogP contribution in [-0.2, 0) is 14.3 Å². The molecule has 0 aromatic carbocycles. The molecule has 5 rings (SSSR count). The van der Waals surface area contributed by atoms with E-state index in [-0.39, 0.29) is 47.4 Å². The first-order chi connectivity index (χ1) is 16.5. The average molecular weight is 521 g/mol. The molecule has 3 saturated carbocycles. The van der Waals surface area contributed by atoms with Gasteiger partial charge in [-0.2, -0.15) is 0 Å². The number of furan rings is 1. The number of esters is 1. The Balaban J connectivity index is 1.61. The Hall–Kier alpha value is -1.89. The lowest BCUT2D eigenvalue weighted by atomic mass is 9.45. The first kappa shape index (κ1) is 24.8. The van der Waals surface area contributed by atoms with Gasteiger partial charge in [-0.15, -0.1) is 23.2 Å². The van der Waals surface area contributed by atoms with E-state index in [4.69, 9.17) is 32.4 Å². The van der Waals surface area contributed by atoms with E-state index in [0.29, 0.717) is 19.3 Å². The Labute approximate surface area is 214 Å². The van der Waals surface area contributed by atoms with Gasteiger partial charge in [-0.05, 0) is 61.8 Å². The van der Waals surface area contributed by atoms with Crippen molar-refractivity contribution in [1.29, 1.82) is 0 Å². The van der Waals surface area contributed by atoms with Gasteiger partial charge in [0.15, 0.2) is 17.2 Å². The fourth-order valence-electron chi connectivity index (χ4n) is 8.09. The van der Waals surface area contributed by atoms with Crippen LogP contribution in [0.25, 0.3) is 0 Å². The van der Waals surface area contributed by atoms with E-state index in [1.165, 1.54) is 18.4 Å². The summed E-state index contributed by atoms with van der Waals surface area (Å²) < 4.78 is 11.3. The van der Waals surface area contributed by atoms with Crippen molar-refractivity contribution in [1.82, 2.24) is 0 Å². The van der Waals surface area contributed by atoms with Gasteiger partial charge in [0.1, 0.15) is 0 Å². The summed E-state index contributed by atoms with van der Waals surface area (Å²) in [5, 5.41) is 11.8. The Morgan fingerprint density at radius 1 is 1.29 bits per heavy atom. The number of rotatable bonds is 4. The number of ether oxygens (including phenoxy) is 1. The predicted octanol–water partition coefficient (Wildman–Crippen LogP) is 4.87. The fourth-order valence-corrected chi connectivity index (χ4v) is 8.81. The van der Waals surface area contributed by atoms with Crippen LogP contribution in [0.3, 0.4) is 0 Å². The number of ketones is 2. The van der Waals surface area contributed by atoms with Crippen molar-refractivity contribution < 1.29 is 28.6 Å². The van der Waals surface area contributed by atoms with Gasteiger partial charge >= 0.3 is 5.97 Å². The van der Waals surface area contributed by atoms with Crippen LogP contribution in [0.5, 0.6) is 0 Å². The Bertz CT molecular complexity index is 1140. The molecule has 0 amide bonds. The zero-order chi connectivity index (χ0) is 25.4. The molecular weight excluding hydrogens is 491 g/mol. The van der Waals surface area contributed by atoms with Crippen molar-refractivity contribution in [3.05, 3.63) is 48.0 Å². The highest BCUT2D eigenvalue weighted by atomic mass is 35.5. The lowest BCUT2D eigenvalue weighted by Crippen LogP contribution is -2.69. The molecule has 6 nitrogen and oxygen atoms in total. The maximum atomic E-state index is 13.6. The summed E-state index contributed by atoms with van der Waals surface area (Å²) in [5.41, 5.74) is -2.20. The number of aliphatic hydroxyl groups is 1. The number of hydrogen-bond donors (Lipinski definition) is 1. The molecule has 3 fully saturated rings. The molecule has 35 heavy (non-hydrogen) atoms. The Morgan fingerprint density at radius 2 is 2.03 bits per heavy atom. The second kappa shape index (κ2) is 8.06. The average Bonchev–Trinajstić information content (AvgIpc) is 3.42. The van der Waals surface area contributed by atoms with Crippen molar-refractivity contribution in [3.63, 3.8) is 0 Å². The molecule has 8 atom stereocenters. The quantitative estimate of drug-likeness (QED) is 0.449. The predicted molar refractivity (Wildman–Crippen MR) is 130 cm³/mol. The van der Waals surface area contributed by atoms with Gasteiger partial charge in [-0.25, -0.2) is 4.79 Å². The number of allylic oxidation sites excluding steroid dienone is 4. The van der Waals surface area contributed by atoms with Gasteiger partial charge in [0.2, 0.25) is 5.76 Å². The highest BCUT2D eigenvalue weighted by Crippen LogP contribution is 2.72. The standard InChI is InChI=1S/C27H30Cl2O6/c1-15-11-19-18-7-6-16-12-17(30)8-9-24(16,2)26(18,29)21(31)13-25(19,3)27(15,22(32)14-28)35-23(33)20-5-4-10-34-20/h4-5,8-10,12,15,18-19,21,31H,6-7,11,13-14H2,1-3H3/t15?,18?,19?,21?,24-,25-,26-,27-/m0/s1. The van der Waals surface area contributed by atoms with Gasteiger partial charge in [0.25, 0.3) is 0 Å². The number of carbonyl (C=O) groups excluding carboxylic acids is 3. The van der Waals surface area contributed by atoms with Crippen LogP contribution >= 0.6 is 23.2 Å². The van der Waals surface area contributed by atoms with E-state index in [1.807, 2.05) is 26.8 Å². The molecule has 0 bridgehead atoms. The summed E-state index contributed by atoms with van der Waals surface area (Å²) in [7, 11) is 0. The van der Waals surface area contributed by atoms with E-state index in [2.05, 4.69) is 0 Å². The van der Waals surface area contributed by atoms with Gasteiger partial charge in [0.05, 0.1) is 23.1 Å². The molecule has 0 radical (unpaired) electrons. The smallest absolute Gasteiger partial charge is 0.375 e. The van der Waals surface area contributed by atoms with Crippen LogP contribution < -0.4 is 0 Å². The van der Waals surface area contributed by atoms with Crippen LogP contribution in [0.2, 0.25) is 0 Å². The molecule has 1 N–H and O–H groups in total. The van der Waals surface area contributed by atoms with Crippen molar-refractivity contribution in [2.45, 2.75) is 63.0 Å². The summed E-state index contributed by atoms with van der Waals surface area (Å²) >= 11 is 13.6. The largest absolute Gasteiger partial charge is 0.457 e. The van der Waals surface area contributed by atoms with Crippen LogP contribution in [0.4, 0.5) is 0 Å². The molecular formula is C27H30Cl2O6. The minimum absolute atomic E-state index is 0.00557. The Morgan fingerprint density at radius 3 is 2.69 bits per heavy atom. The van der Waals surface area contributed by atoms with E-state index in [0.717, 1.165) is 5.57 Å². The molecule has 188 valence electrons. The van der Waals surface area contributed by atoms with Crippen LogP contribution in [0.1, 0.15) is 57.0 Å². The molecule has 0 spiro atoms. The van der Waals surface area contributed by atoms with E-state index < -0.39 is 33.4 Å². The third-order valence-electron chi connectivity index (χ3n) is 9.69. The zero-order valence-corrected chi connectivity index (χ0v) is 21.6. The molecule has 4 unspecified atom stereocenters. The molecule has 4 aliphatic rings. The van der Waals surface area contributed by atoms with Crippen molar-refractivity contribution in [2.75, 3.05) is 5.88 Å². The van der Waals surface area contributed by atoms with Crippen LogP contribution in [-0.4, -0.2) is 45.1 Å². The Kier molecular flexibility index (Phi) is 5.71. The molecule has 0 aliphatic heterocycles. The highest BCUT2D eigenvalue weighted by molar-refractivity contribution is 6.29. The third kappa shape index (κ3) is 3.02. The van der Waals surface area contributed by atoms with Crippen LogP contribution in [0.15, 0.2) is 46.6 Å². The van der Waals surface area contributed by atoms with E-state index in [1.54, 1.807) is 12.1 Å². The van der Waals surface area contributed by atoms with Gasteiger partial charge in [0, 0.05) is 16.7 Å². The SMILES string of the molecule is CC1CC2C3CCC4=CC(=O)C=C[C@]4(C)[C@@]3(Cl)C(O)C[C@]2(C)[C@@]1(OC(=O)c1ccco1)C(=O)CCl. The molecule has 1 heterocycles. The van der Waals surface area contributed by atoms with Gasteiger partial charge in [-0.1, -0.05) is 32.4 Å². The monoisotopic (exact) mass is 520 g/mol. The van der Waals surface area contributed by atoms with E-state index in [9.17, 15) is 19.5 Å². The molecule has 1 aromatic heterocycles. The number of fused-ring (bicyclic) bond motifs is 5. The second-order valence-electron chi connectivity index (χ2n) is 11.1. The van der Waals surface area contributed by atoms with Gasteiger partial charge in [-0.3, -0.25) is 9.59 Å². The minimum Gasteiger partial charge on any atom is -0.457 e. The summed E-state index contributed by atoms with van der Waals surface area (Å²) in [4.78, 5) is 37.7. The number of halogens is 2. The summed E-state index contributed by atoms with van der Waals surface area (Å²) in [6, 6.07) is 3.07. The highest BCUT2D eigenvalue weighted by Gasteiger charge is 2.76. The molecule has 0 saturated heterocycles. The van der Waals surface area contributed by atoms with Crippen LogP contribution in [0, 0.1) is 28.6 Å². The molecule has 8 heteroatoms. The molecule has 4 aliphatic carbocycles. The minimum atomic E-state index is -1.53. The summed E-state index contributed by atoms with van der Waals surface area (Å²) in [6.07, 6.45) is 7.44. The second-order valence-corrected chi connectivity index (χ2v) is 12.0. The lowest BCUT2D eigenvalue weighted by molar-refractivity contribution is -0.177. The van der Waals surface area contributed by atoms with Crippen molar-refractivity contribution >= 4 is 40.7 Å². The topological polar surface area (TPSA) is 93.8 Å².